The highest BCUT2D eigenvalue weighted by molar-refractivity contribution is 5.83. The van der Waals surface area contributed by atoms with Gasteiger partial charge in [-0.25, -0.2) is 0 Å². The average molecular weight is 388 g/mol. The molecule has 2 aliphatic heterocycles. The van der Waals surface area contributed by atoms with E-state index in [2.05, 4.69) is 5.32 Å². The first-order chi connectivity index (χ1) is 13.5. The minimum atomic E-state index is -0.961. The molecule has 28 heavy (non-hydrogen) atoms. The van der Waals surface area contributed by atoms with Crippen molar-refractivity contribution in [3.8, 4) is 11.5 Å². The zero-order valence-corrected chi connectivity index (χ0v) is 15.6. The molecule has 0 spiro atoms. The van der Waals surface area contributed by atoms with Gasteiger partial charge in [-0.1, -0.05) is 6.07 Å². The zero-order chi connectivity index (χ0) is 19.7. The lowest BCUT2D eigenvalue weighted by Crippen LogP contribution is -2.50. The molecule has 8 nitrogen and oxygen atoms in total. The van der Waals surface area contributed by atoms with E-state index in [4.69, 9.17) is 9.47 Å². The number of carboxylic acids is 1. The summed E-state index contributed by atoms with van der Waals surface area (Å²) in [5.74, 6) is -1.04. The van der Waals surface area contributed by atoms with Crippen molar-refractivity contribution >= 4 is 17.8 Å². The van der Waals surface area contributed by atoms with Crippen molar-refractivity contribution in [2.24, 2.45) is 11.8 Å². The number of carboxylic acid groups (broad SMARTS) is 1. The van der Waals surface area contributed by atoms with Crippen molar-refractivity contribution in [2.75, 3.05) is 19.9 Å². The lowest BCUT2D eigenvalue weighted by atomic mass is 9.88. The zero-order valence-electron chi connectivity index (χ0n) is 15.6. The predicted molar refractivity (Wildman–Crippen MR) is 97.9 cm³/mol. The third-order valence-electron chi connectivity index (χ3n) is 5.51. The molecule has 0 bridgehead atoms. The fourth-order valence-corrected chi connectivity index (χ4v) is 3.72. The Morgan fingerprint density at radius 1 is 1.11 bits per heavy atom. The van der Waals surface area contributed by atoms with E-state index in [1.54, 1.807) is 0 Å². The highest BCUT2D eigenvalue weighted by Crippen LogP contribution is 2.33. The first kappa shape index (κ1) is 18.6. The molecule has 4 rings (SSSR count). The van der Waals surface area contributed by atoms with E-state index in [1.807, 2.05) is 18.2 Å². The lowest BCUT2D eigenvalue weighted by molar-refractivity contribution is -0.148. The van der Waals surface area contributed by atoms with Crippen molar-refractivity contribution < 1.29 is 29.0 Å². The number of piperidine rings is 1. The molecule has 1 saturated heterocycles. The van der Waals surface area contributed by atoms with E-state index in [9.17, 15) is 19.5 Å². The highest BCUT2D eigenvalue weighted by atomic mass is 16.7. The van der Waals surface area contributed by atoms with E-state index in [1.165, 1.54) is 4.90 Å². The summed E-state index contributed by atoms with van der Waals surface area (Å²) in [6, 6.07) is 5.79. The number of carbonyl (C=O) groups excluding carboxylic acids is 2. The van der Waals surface area contributed by atoms with Crippen LogP contribution >= 0.6 is 0 Å². The highest BCUT2D eigenvalue weighted by Gasteiger charge is 2.38. The van der Waals surface area contributed by atoms with Crippen LogP contribution in [0.15, 0.2) is 18.2 Å². The Kier molecular flexibility index (Phi) is 5.11. The molecule has 2 fully saturated rings. The van der Waals surface area contributed by atoms with Crippen LogP contribution in [0, 0.1) is 11.8 Å². The molecule has 1 aliphatic carbocycles. The van der Waals surface area contributed by atoms with Crippen LogP contribution in [-0.4, -0.2) is 53.7 Å². The maximum atomic E-state index is 12.7. The van der Waals surface area contributed by atoms with Crippen LogP contribution in [-0.2, 0) is 20.8 Å². The van der Waals surface area contributed by atoms with Crippen LogP contribution in [0.3, 0.4) is 0 Å². The molecule has 2 atom stereocenters. The van der Waals surface area contributed by atoms with Crippen molar-refractivity contribution in [1.29, 1.82) is 0 Å². The van der Waals surface area contributed by atoms with Crippen molar-refractivity contribution in [2.45, 2.75) is 38.1 Å². The van der Waals surface area contributed by atoms with Crippen LogP contribution in [0.4, 0.5) is 0 Å². The topological polar surface area (TPSA) is 105 Å². The van der Waals surface area contributed by atoms with Crippen LogP contribution in [0.2, 0.25) is 0 Å². The number of hydrogen-bond donors (Lipinski definition) is 2. The smallest absolute Gasteiger partial charge is 0.308 e. The molecule has 2 N–H and O–H groups in total. The minimum Gasteiger partial charge on any atom is -0.481 e. The molecule has 2 heterocycles. The summed E-state index contributed by atoms with van der Waals surface area (Å²) in [5.41, 5.74) is 0.951. The van der Waals surface area contributed by atoms with E-state index < -0.39 is 17.8 Å². The molecule has 3 aliphatic rings. The van der Waals surface area contributed by atoms with Crippen LogP contribution in [0.25, 0.3) is 0 Å². The maximum absolute atomic E-state index is 12.7. The molecule has 1 aromatic carbocycles. The van der Waals surface area contributed by atoms with Gasteiger partial charge in [-0.15, -0.1) is 0 Å². The molecule has 0 unspecified atom stereocenters. The second-order valence-electron chi connectivity index (χ2n) is 7.74. The summed E-state index contributed by atoms with van der Waals surface area (Å²) < 4.78 is 10.6. The molecular formula is C20H24N2O6. The SMILES string of the molecule is O=C(O)[C@H]1C[C@H](C(=O)NC2CC2)CN(C(=O)CCc2ccc3c(c2)OCO3)C1. The Bertz CT molecular complexity index is 791. The van der Waals surface area contributed by atoms with Gasteiger partial charge in [-0.2, -0.15) is 0 Å². The molecule has 2 amide bonds. The number of likely N-dealkylation sites (tertiary alicyclic amines) is 1. The number of amides is 2. The monoisotopic (exact) mass is 388 g/mol. The number of hydrogen-bond acceptors (Lipinski definition) is 5. The van der Waals surface area contributed by atoms with Gasteiger partial charge in [0.2, 0.25) is 18.6 Å². The van der Waals surface area contributed by atoms with Crippen molar-refractivity contribution in [3.05, 3.63) is 23.8 Å². The van der Waals surface area contributed by atoms with E-state index in [0.717, 1.165) is 18.4 Å². The summed E-state index contributed by atoms with van der Waals surface area (Å²) in [5, 5.41) is 12.4. The molecule has 0 radical (unpaired) electrons. The van der Waals surface area contributed by atoms with Gasteiger partial charge in [0, 0.05) is 25.6 Å². The van der Waals surface area contributed by atoms with Gasteiger partial charge in [0.25, 0.3) is 0 Å². The van der Waals surface area contributed by atoms with Gasteiger partial charge in [0.15, 0.2) is 11.5 Å². The standard InChI is InChI=1S/C20H24N2O6/c23-18(6-2-12-1-5-16-17(7-12)28-11-27-16)22-9-13(8-14(10-22)20(25)26)19(24)21-15-3-4-15/h1,5,7,13-15H,2-4,6,8-11H2,(H,21,24)(H,25,26)/t13-,14-/m0/s1. The molecule has 0 aromatic heterocycles. The quantitative estimate of drug-likeness (QED) is 0.758. The summed E-state index contributed by atoms with van der Waals surface area (Å²) in [7, 11) is 0. The molecule has 1 aromatic rings. The van der Waals surface area contributed by atoms with E-state index in [0.29, 0.717) is 17.9 Å². The number of benzene rings is 1. The number of aliphatic carboxylic acids is 1. The average Bonchev–Trinajstić information content (AvgIpc) is 3.38. The Balaban J connectivity index is 1.37. The summed E-state index contributed by atoms with van der Waals surface area (Å²) in [6.07, 6.45) is 2.99. The summed E-state index contributed by atoms with van der Waals surface area (Å²) in [4.78, 5) is 38.2. The number of nitrogens with one attached hydrogen (secondary N) is 1. The number of carbonyl (C=O) groups is 3. The van der Waals surface area contributed by atoms with Gasteiger partial charge in [-0.3, -0.25) is 14.4 Å². The Morgan fingerprint density at radius 2 is 1.86 bits per heavy atom. The number of fused-ring (bicyclic) bond motifs is 1. The van der Waals surface area contributed by atoms with Crippen LogP contribution in [0.5, 0.6) is 11.5 Å². The number of nitrogens with zero attached hydrogens (tertiary/aromatic N) is 1. The lowest BCUT2D eigenvalue weighted by Gasteiger charge is -2.35. The maximum Gasteiger partial charge on any atom is 0.308 e. The molecule has 8 heteroatoms. The third kappa shape index (κ3) is 4.21. The summed E-state index contributed by atoms with van der Waals surface area (Å²) in [6.45, 7) is 0.636. The molecule has 1 saturated carbocycles. The second-order valence-corrected chi connectivity index (χ2v) is 7.74. The van der Waals surface area contributed by atoms with E-state index >= 15 is 0 Å². The first-order valence-corrected chi connectivity index (χ1v) is 9.69. The number of aryl methyl sites for hydroxylation is 1. The number of ether oxygens (including phenoxy) is 2. The molecular weight excluding hydrogens is 364 g/mol. The Hall–Kier alpha value is -2.77. The molecule has 150 valence electrons. The predicted octanol–water partition coefficient (Wildman–Crippen LogP) is 1.18. The van der Waals surface area contributed by atoms with Gasteiger partial charge >= 0.3 is 5.97 Å². The fourth-order valence-electron chi connectivity index (χ4n) is 3.72. The van der Waals surface area contributed by atoms with Crippen molar-refractivity contribution in [1.82, 2.24) is 10.2 Å². The Labute approximate surface area is 162 Å². The van der Waals surface area contributed by atoms with Crippen LogP contribution < -0.4 is 14.8 Å². The second kappa shape index (κ2) is 7.69. The number of rotatable bonds is 6. The third-order valence-corrected chi connectivity index (χ3v) is 5.51. The Morgan fingerprint density at radius 3 is 2.61 bits per heavy atom. The van der Waals surface area contributed by atoms with Gasteiger partial charge < -0.3 is 24.8 Å². The van der Waals surface area contributed by atoms with E-state index in [-0.39, 0.29) is 50.6 Å². The summed E-state index contributed by atoms with van der Waals surface area (Å²) >= 11 is 0. The largest absolute Gasteiger partial charge is 0.481 e. The van der Waals surface area contributed by atoms with Crippen molar-refractivity contribution in [3.63, 3.8) is 0 Å². The van der Waals surface area contributed by atoms with Gasteiger partial charge in [0.05, 0.1) is 11.8 Å². The first-order valence-electron chi connectivity index (χ1n) is 9.69. The fraction of sp³-hybridized carbons (Fsp3) is 0.550. The minimum absolute atomic E-state index is 0.132. The van der Waals surface area contributed by atoms with Gasteiger partial charge in [0.1, 0.15) is 0 Å². The van der Waals surface area contributed by atoms with Gasteiger partial charge in [-0.05, 0) is 43.4 Å². The van der Waals surface area contributed by atoms with Crippen LogP contribution in [0.1, 0.15) is 31.2 Å². The normalized spacial score (nSPS) is 23.4.